The van der Waals surface area contributed by atoms with E-state index < -0.39 is 11.2 Å². The van der Waals surface area contributed by atoms with E-state index in [9.17, 15) is 9.59 Å². The molecule has 2 aromatic heterocycles. The van der Waals surface area contributed by atoms with Crippen molar-refractivity contribution >= 4 is 11.2 Å². The number of nitrogens with one attached hydrogen (secondary N) is 1. The van der Waals surface area contributed by atoms with Gasteiger partial charge in [0, 0.05) is 32.8 Å². The molecular weight excluding hydrogens is 262 g/mol. The summed E-state index contributed by atoms with van der Waals surface area (Å²) < 4.78 is 8.12. The van der Waals surface area contributed by atoms with Crippen molar-refractivity contribution in [2.24, 2.45) is 5.73 Å². The van der Waals surface area contributed by atoms with Crippen LogP contribution in [-0.2, 0) is 11.3 Å². The first-order valence-electron chi connectivity index (χ1n) is 6.48. The summed E-state index contributed by atoms with van der Waals surface area (Å²) in [6.07, 6.45) is 2.21. The second kappa shape index (κ2) is 6.02. The van der Waals surface area contributed by atoms with Gasteiger partial charge < -0.3 is 15.0 Å². The number of H-pyrrole nitrogens is 1. The second-order valence-corrected chi connectivity index (χ2v) is 4.67. The molecule has 0 amide bonds. The lowest BCUT2D eigenvalue weighted by Crippen LogP contribution is -2.32. The first-order chi connectivity index (χ1) is 9.60. The highest BCUT2D eigenvalue weighted by molar-refractivity contribution is 5.70. The third-order valence-corrected chi connectivity index (χ3v) is 3.26. The molecule has 0 aliphatic rings. The first kappa shape index (κ1) is 14.5. The van der Waals surface area contributed by atoms with Crippen molar-refractivity contribution in [3.63, 3.8) is 0 Å². The van der Waals surface area contributed by atoms with Gasteiger partial charge >= 0.3 is 5.69 Å². The molecule has 3 N–H and O–H groups in total. The lowest BCUT2D eigenvalue weighted by molar-refractivity contribution is 0.190. The van der Waals surface area contributed by atoms with Crippen molar-refractivity contribution in [2.45, 2.75) is 25.9 Å². The summed E-state index contributed by atoms with van der Waals surface area (Å²) in [7, 11) is 1.60. The maximum atomic E-state index is 12.0. The number of nitrogens with zero attached hydrogens (tertiary/aromatic N) is 3. The van der Waals surface area contributed by atoms with Gasteiger partial charge in [-0.1, -0.05) is 0 Å². The van der Waals surface area contributed by atoms with E-state index in [1.807, 2.05) is 6.92 Å². The summed E-state index contributed by atoms with van der Waals surface area (Å²) in [6, 6.07) is -0.0639. The Morgan fingerprint density at radius 2 is 2.25 bits per heavy atom. The van der Waals surface area contributed by atoms with E-state index >= 15 is 0 Å². The number of rotatable bonds is 6. The van der Waals surface area contributed by atoms with Gasteiger partial charge in [-0.15, -0.1) is 0 Å². The molecular formula is C12H19N5O3. The largest absolute Gasteiger partial charge is 0.385 e. The third kappa shape index (κ3) is 2.52. The Labute approximate surface area is 115 Å². The molecule has 0 bridgehead atoms. The average molecular weight is 281 g/mol. The van der Waals surface area contributed by atoms with Crippen LogP contribution in [0, 0.1) is 0 Å². The van der Waals surface area contributed by atoms with Gasteiger partial charge in [0.05, 0.1) is 6.33 Å². The predicted octanol–water partition coefficient (Wildman–Crippen LogP) is -0.557. The number of hydrogen-bond donors (Lipinski definition) is 2. The van der Waals surface area contributed by atoms with Crippen molar-refractivity contribution in [1.29, 1.82) is 0 Å². The van der Waals surface area contributed by atoms with Crippen LogP contribution in [0.2, 0.25) is 0 Å². The maximum Gasteiger partial charge on any atom is 0.330 e. The lowest BCUT2D eigenvalue weighted by atomic mass is 10.3. The van der Waals surface area contributed by atoms with Gasteiger partial charge in [0.25, 0.3) is 5.56 Å². The molecule has 110 valence electrons. The van der Waals surface area contributed by atoms with Crippen molar-refractivity contribution in [2.75, 3.05) is 20.3 Å². The standard InChI is InChI=1S/C12H19N5O3/c1-8(6-13)17-7-14-10-9(17)11(18)15-12(19)16(10)4-3-5-20-2/h7-8H,3-6,13H2,1-2H3,(H,15,18,19). The summed E-state index contributed by atoms with van der Waals surface area (Å²) in [5, 5.41) is 0. The quantitative estimate of drug-likeness (QED) is 0.690. The molecule has 0 spiro atoms. The Hall–Kier alpha value is -1.93. The predicted molar refractivity (Wildman–Crippen MR) is 74.9 cm³/mol. The minimum atomic E-state index is -0.454. The average Bonchev–Trinajstić information content (AvgIpc) is 2.86. The van der Waals surface area contributed by atoms with Gasteiger partial charge in [-0.2, -0.15) is 0 Å². The van der Waals surface area contributed by atoms with Gasteiger partial charge in [0.2, 0.25) is 0 Å². The number of ether oxygens (including phenoxy) is 1. The SMILES string of the molecule is COCCCn1c(=O)[nH]c(=O)c2c1ncn2C(C)CN. The first-order valence-corrected chi connectivity index (χ1v) is 6.48. The normalized spacial score (nSPS) is 12.9. The van der Waals surface area contributed by atoms with Crippen LogP contribution in [0.1, 0.15) is 19.4 Å². The number of nitrogens with two attached hydrogens (primary N) is 1. The Morgan fingerprint density at radius 3 is 2.90 bits per heavy atom. The van der Waals surface area contributed by atoms with Gasteiger partial charge in [-0.25, -0.2) is 9.78 Å². The van der Waals surface area contributed by atoms with E-state index in [0.717, 1.165) is 0 Å². The molecule has 2 heterocycles. The zero-order chi connectivity index (χ0) is 14.7. The van der Waals surface area contributed by atoms with Crippen LogP contribution < -0.4 is 17.0 Å². The second-order valence-electron chi connectivity index (χ2n) is 4.67. The van der Waals surface area contributed by atoms with E-state index in [0.29, 0.717) is 37.3 Å². The molecule has 0 saturated carbocycles. The van der Waals surface area contributed by atoms with Gasteiger partial charge in [0.15, 0.2) is 11.2 Å². The molecule has 0 radical (unpaired) electrons. The zero-order valence-corrected chi connectivity index (χ0v) is 11.6. The lowest BCUT2D eigenvalue weighted by Gasteiger charge is -2.11. The van der Waals surface area contributed by atoms with Crippen molar-refractivity contribution in [3.8, 4) is 0 Å². The highest BCUT2D eigenvalue weighted by atomic mass is 16.5. The third-order valence-electron chi connectivity index (χ3n) is 3.26. The van der Waals surface area contributed by atoms with Crippen LogP contribution in [0.4, 0.5) is 0 Å². The number of aromatic amines is 1. The fraction of sp³-hybridized carbons (Fsp3) is 0.583. The van der Waals surface area contributed by atoms with Gasteiger partial charge in [0.1, 0.15) is 0 Å². The number of fused-ring (bicyclic) bond motifs is 1. The molecule has 0 aliphatic carbocycles. The van der Waals surface area contributed by atoms with E-state index in [1.165, 1.54) is 4.57 Å². The summed E-state index contributed by atoms with van der Waals surface area (Å²) in [4.78, 5) is 30.4. The van der Waals surface area contributed by atoms with E-state index in [2.05, 4.69) is 9.97 Å². The fourth-order valence-corrected chi connectivity index (χ4v) is 2.11. The summed E-state index contributed by atoms with van der Waals surface area (Å²) in [6.45, 7) is 3.25. The molecule has 2 aromatic rings. The van der Waals surface area contributed by atoms with Crippen LogP contribution in [0.5, 0.6) is 0 Å². The molecule has 0 aromatic carbocycles. The summed E-state index contributed by atoms with van der Waals surface area (Å²) in [5.41, 5.74) is 5.49. The Kier molecular flexibility index (Phi) is 4.35. The monoisotopic (exact) mass is 281 g/mol. The topological polar surface area (TPSA) is 108 Å². The number of methoxy groups -OCH3 is 1. The molecule has 8 heteroatoms. The minimum Gasteiger partial charge on any atom is -0.385 e. The minimum absolute atomic E-state index is 0.0639. The number of aromatic nitrogens is 4. The molecule has 1 atom stereocenters. The van der Waals surface area contributed by atoms with Crippen LogP contribution >= 0.6 is 0 Å². The van der Waals surface area contributed by atoms with Crippen LogP contribution in [0.15, 0.2) is 15.9 Å². The number of imidazole rings is 1. The Morgan fingerprint density at radius 1 is 1.50 bits per heavy atom. The molecule has 0 fully saturated rings. The molecule has 2 rings (SSSR count). The van der Waals surface area contributed by atoms with Crippen LogP contribution in [0.3, 0.4) is 0 Å². The van der Waals surface area contributed by atoms with E-state index in [1.54, 1.807) is 18.0 Å². The molecule has 1 unspecified atom stereocenters. The number of hydrogen-bond acceptors (Lipinski definition) is 5. The Bertz CT molecular complexity index is 699. The smallest absolute Gasteiger partial charge is 0.330 e. The molecule has 8 nitrogen and oxygen atoms in total. The highest BCUT2D eigenvalue weighted by Crippen LogP contribution is 2.12. The fourth-order valence-electron chi connectivity index (χ4n) is 2.11. The summed E-state index contributed by atoms with van der Waals surface area (Å²) >= 11 is 0. The summed E-state index contributed by atoms with van der Waals surface area (Å²) in [5.74, 6) is 0. The van der Waals surface area contributed by atoms with E-state index in [-0.39, 0.29) is 6.04 Å². The zero-order valence-electron chi connectivity index (χ0n) is 11.6. The number of aryl methyl sites for hydroxylation is 1. The molecule has 0 saturated heterocycles. The van der Waals surface area contributed by atoms with Crippen molar-refractivity contribution in [1.82, 2.24) is 19.1 Å². The molecule has 0 aliphatic heterocycles. The van der Waals surface area contributed by atoms with Crippen LogP contribution in [0.25, 0.3) is 11.2 Å². The van der Waals surface area contributed by atoms with Crippen LogP contribution in [-0.4, -0.2) is 39.4 Å². The Balaban J connectivity index is 2.56. The maximum absolute atomic E-state index is 12.0. The van der Waals surface area contributed by atoms with E-state index in [4.69, 9.17) is 10.5 Å². The highest BCUT2D eigenvalue weighted by Gasteiger charge is 2.15. The molecule has 20 heavy (non-hydrogen) atoms. The van der Waals surface area contributed by atoms with Crippen molar-refractivity contribution in [3.05, 3.63) is 27.2 Å². The van der Waals surface area contributed by atoms with Crippen molar-refractivity contribution < 1.29 is 4.74 Å². The van der Waals surface area contributed by atoms with Gasteiger partial charge in [-0.3, -0.25) is 14.3 Å². The van der Waals surface area contributed by atoms with Gasteiger partial charge in [-0.05, 0) is 13.3 Å².